The summed E-state index contributed by atoms with van der Waals surface area (Å²) >= 11 is 6.35. The number of rotatable bonds is 3. The molecule has 0 bridgehead atoms. The Morgan fingerprint density at radius 1 is 1.10 bits per heavy atom. The van der Waals surface area contributed by atoms with Gasteiger partial charge in [0.2, 0.25) is 0 Å². The van der Waals surface area contributed by atoms with Gasteiger partial charge in [-0.2, -0.15) is 0 Å². The minimum absolute atomic E-state index is 0.0155. The Bertz CT molecular complexity index is 763. The van der Waals surface area contributed by atoms with E-state index in [2.05, 4.69) is 36.6 Å². The molecule has 2 aromatic rings. The van der Waals surface area contributed by atoms with Crippen molar-refractivity contribution in [1.29, 1.82) is 0 Å². The molecule has 0 aliphatic heterocycles. The SMILES string of the molecule is Cc1ccc(Br)cc1NS(=O)(=O)c1ccc(F)cc1Br. The number of sulfonamides is 1. The molecule has 0 aromatic heterocycles. The normalized spacial score (nSPS) is 11.4. The zero-order valence-corrected chi connectivity index (χ0v) is 14.3. The van der Waals surface area contributed by atoms with Gasteiger partial charge in [0.1, 0.15) is 10.7 Å². The van der Waals surface area contributed by atoms with Crippen LogP contribution in [0, 0.1) is 12.7 Å². The van der Waals surface area contributed by atoms with Crippen LogP contribution in [0.4, 0.5) is 10.1 Å². The number of hydrogen-bond acceptors (Lipinski definition) is 2. The second-order valence-electron chi connectivity index (χ2n) is 4.14. The first kappa shape index (κ1) is 15.5. The molecule has 106 valence electrons. The summed E-state index contributed by atoms with van der Waals surface area (Å²) in [5.41, 5.74) is 1.26. The van der Waals surface area contributed by atoms with Crippen LogP contribution >= 0.6 is 31.9 Å². The number of halogens is 3. The second kappa shape index (κ2) is 5.83. The molecule has 0 unspecified atom stereocenters. The molecule has 0 saturated carbocycles. The van der Waals surface area contributed by atoms with E-state index in [-0.39, 0.29) is 9.37 Å². The number of aryl methyl sites for hydroxylation is 1. The van der Waals surface area contributed by atoms with Gasteiger partial charge in [0.25, 0.3) is 10.0 Å². The zero-order valence-electron chi connectivity index (χ0n) is 10.3. The van der Waals surface area contributed by atoms with Gasteiger partial charge in [-0.05, 0) is 58.7 Å². The largest absolute Gasteiger partial charge is 0.279 e. The zero-order chi connectivity index (χ0) is 14.9. The van der Waals surface area contributed by atoms with Crippen LogP contribution in [-0.2, 0) is 10.0 Å². The topological polar surface area (TPSA) is 46.2 Å². The fraction of sp³-hybridized carbons (Fsp3) is 0.0769. The van der Waals surface area contributed by atoms with Crippen LogP contribution in [0.2, 0.25) is 0 Å². The Morgan fingerprint density at radius 2 is 1.80 bits per heavy atom. The summed E-state index contributed by atoms with van der Waals surface area (Å²) < 4.78 is 41.1. The van der Waals surface area contributed by atoms with E-state index in [9.17, 15) is 12.8 Å². The Morgan fingerprint density at radius 3 is 2.45 bits per heavy atom. The van der Waals surface area contributed by atoms with Gasteiger partial charge in [-0.1, -0.05) is 22.0 Å². The van der Waals surface area contributed by atoms with Gasteiger partial charge in [-0.15, -0.1) is 0 Å². The van der Waals surface area contributed by atoms with Crippen LogP contribution in [0.5, 0.6) is 0 Å². The molecule has 1 N–H and O–H groups in total. The fourth-order valence-corrected chi connectivity index (χ4v) is 4.13. The fourth-order valence-electron chi connectivity index (χ4n) is 1.60. The smallest absolute Gasteiger partial charge is 0.263 e. The lowest BCUT2D eigenvalue weighted by Gasteiger charge is -2.12. The number of hydrogen-bond donors (Lipinski definition) is 1. The third kappa shape index (κ3) is 3.39. The predicted molar refractivity (Wildman–Crippen MR) is 83.8 cm³/mol. The van der Waals surface area contributed by atoms with Crippen molar-refractivity contribution in [3.63, 3.8) is 0 Å². The van der Waals surface area contributed by atoms with Crippen molar-refractivity contribution in [2.75, 3.05) is 4.72 Å². The van der Waals surface area contributed by atoms with Crippen molar-refractivity contribution in [2.45, 2.75) is 11.8 Å². The third-order valence-electron chi connectivity index (χ3n) is 2.63. The third-order valence-corrected chi connectivity index (χ3v) is 5.46. The lowest BCUT2D eigenvalue weighted by Crippen LogP contribution is -2.14. The molecule has 0 fully saturated rings. The van der Waals surface area contributed by atoms with Crippen LogP contribution < -0.4 is 4.72 Å². The van der Waals surface area contributed by atoms with E-state index >= 15 is 0 Å². The summed E-state index contributed by atoms with van der Waals surface area (Å²) in [6.45, 7) is 1.80. The Kier molecular flexibility index (Phi) is 4.51. The average molecular weight is 423 g/mol. The van der Waals surface area contributed by atoms with Crippen molar-refractivity contribution < 1.29 is 12.8 Å². The molecule has 0 saturated heterocycles. The molecule has 2 aromatic carbocycles. The summed E-state index contributed by atoms with van der Waals surface area (Å²) in [5, 5.41) is 0. The van der Waals surface area contributed by atoms with Gasteiger partial charge < -0.3 is 0 Å². The number of anilines is 1. The quantitative estimate of drug-likeness (QED) is 0.793. The molecule has 0 heterocycles. The predicted octanol–water partition coefficient (Wildman–Crippen LogP) is 4.46. The highest BCUT2D eigenvalue weighted by molar-refractivity contribution is 9.10. The van der Waals surface area contributed by atoms with Gasteiger partial charge in [0.15, 0.2) is 0 Å². The monoisotopic (exact) mass is 421 g/mol. The maximum atomic E-state index is 13.0. The van der Waals surface area contributed by atoms with E-state index in [0.29, 0.717) is 5.69 Å². The Hall–Kier alpha value is -0.920. The molecular formula is C13H10Br2FNO2S. The summed E-state index contributed by atoms with van der Waals surface area (Å²) in [6.07, 6.45) is 0. The van der Waals surface area contributed by atoms with Gasteiger partial charge in [0.05, 0.1) is 5.69 Å². The molecule has 0 aliphatic rings. The lowest BCUT2D eigenvalue weighted by atomic mass is 10.2. The first-order chi connectivity index (χ1) is 9.29. The van der Waals surface area contributed by atoms with Crippen molar-refractivity contribution in [3.8, 4) is 0 Å². The van der Waals surface area contributed by atoms with Crippen molar-refractivity contribution >= 4 is 47.6 Å². The number of benzene rings is 2. The first-order valence-corrected chi connectivity index (χ1v) is 8.60. The highest BCUT2D eigenvalue weighted by Gasteiger charge is 2.19. The summed E-state index contributed by atoms with van der Waals surface area (Å²) in [7, 11) is -3.78. The van der Waals surface area contributed by atoms with Crippen molar-refractivity contribution in [1.82, 2.24) is 0 Å². The second-order valence-corrected chi connectivity index (χ2v) is 7.56. The molecule has 7 heteroatoms. The molecule has 0 radical (unpaired) electrons. The summed E-state index contributed by atoms with van der Waals surface area (Å²) in [5.74, 6) is -0.505. The molecule has 0 spiro atoms. The van der Waals surface area contributed by atoms with Gasteiger partial charge in [-0.25, -0.2) is 12.8 Å². The van der Waals surface area contributed by atoms with Crippen molar-refractivity contribution in [3.05, 3.63) is 56.7 Å². The Labute approximate surface area is 133 Å². The van der Waals surface area contributed by atoms with Crippen LogP contribution in [0.25, 0.3) is 0 Å². The molecule has 0 aliphatic carbocycles. The van der Waals surface area contributed by atoms with Gasteiger partial charge in [0, 0.05) is 8.95 Å². The van der Waals surface area contributed by atoms with E-state index in [1.54, 1.807) is 19.1 Å². The van der Waals surface area contributed by atoms with Crippen LogP contribution in [0.3, 0.4) is 0 Å². The molecule has 3 nitrogen and oxygen atoms in total. The average Bonchev–Trinajstić information content (AvgIpc) is 2.33. The van der Waals surface area contributed by atoms with Gasteiger partial charge in [-0.3, -0.25) is 4.72 Å². The molecule has 20 heavy (non-hydrogen) atoms. The maximum absolute atomic E-state index is 13.0. The molecule has 0 amide bonds. The van der Waals surface area contributed by atoms with E-state index in [1.165, 1.54) is 6.07 Å². The number of nitrogens with one attached hydrogen (secondary N) is 1. The molecule has 0 atom stereocenters. The summed E-state index contributed by atoms with van der Waals surface area (Å²) in [6, 6.07) is 8.72. The minimum atomic E-state index is -3.78. The van der Waals surface area contributed by atoms with Crippen LogP contribution in [0.1, 0.15) is 5.56 Å². The minimum Gasteiger partial charge on any atom is -0.279 e. The highest BCUT2D eigenvalue weighted by Crippen LogP contribution is 2.27. The Balaban J connectivity index is 2.43. The van der Waals surface area contributed by atoms with E-state index < -0.39 is 15.8 Å². The van der Waals surface area contributed by atoms with Crippen molar-refractivity contribution in [2.24, 2.45) is 0 Å². The first-order valence-electron chi connectivity index (χ1n) is 5.53. The van der Waals surface area contributed by atoms with Gasteiger partial charge >= 0.3 is 0 Å². The maximum Gasteiger partial charge on any atom is 0.263 e. The lowest BCUT2D eigenvalue weighted by molar-refractivity contribution is 0.599. The van der Waals surface area contributed by atoms with E-state index in [1.807, 2.05) is 6.07 Å². The standard InChI is InChI=1S/C13H10Br2FNO2S/c1-8-2-3-9(14)6-12(8)17-20(18,19)13-5-4-10(16)7-11(13)15/h2-7,17H,1H3. The highest BCUT2D eigenvalue weighted by atomic mass is 79.9. The van der Waals surface area contributed by atoms with Crippen LogP contribution in [0.15, 0.2) is 50.2 Å². The van der Waals surface area contributed by atoms with E-state index in [0.717, 1.165) is 22.2 Å². The van der Waals surface area contributed by atoms with E-state index in [4.69, 9.17) is 0 Å². The summed E-state index contributed by atoms with van der Waals surface area (Å²) in [4.78, 5) is -0.0155. The van der Waals surface area contributed by atoms with Crippen LogP contribution in [-0.4, -0.2) is 8.42 Å². The molecule has 2 rings (SSSR count). The molecular weight excluding hydrogens is 413 g/mol.